The van der Waals surface area contributed by atoms with Gasteiger partial charge in [0.25, 0.3) is 0 Å². The Morgan fingerprint density at radius 1 is 1.14 bits per heavy atom. The molecule has 0 fully saturated rings. The molecule has 1 atom stereocenters. The Labute approximate surface area is 137 Å². The van der Waals surface area contributed by atoms with Crippen LogP contribution in [0.5, 0.6) is 0 Å². The van der Waals surface area contributed by atoms with E-state index >= 15 is 0 Å². The lowest BCUT2D eigenvalue weighted by atomic mass is 9.94. The van der Waals surface area contributed by atoms with Gasteiger partial charge in [0.2, 0.25) is 0 Å². The van der Waals surface area contributed by atoms with E-state index in [2.05, 4.69) is 32.8 Å². The second-order valence-corrected chi connectivity index (χ2v) is 6.18. The van der Waals surface area contributed by atoms with Crippen molar-refractivity contribution in [1.29, 1.82) is 0 Å². The van der Waals surface area contributed by atoms with Crippen LogP contribution in [0.25, 0.3) is 10.9 Å². The van der Waals surface area contributed by atoms with Crippen LogP contribution in [0.4, 0.5) is 0 Å². The first-order chi connectivity index (χ1) is 10.6. The average molecular weight is 355 g/mol. The number of ketones is 1. The van der Waals surface area contributed by atoms with Crippen LogP contribution >= 0.6 is 15.9 Å². The molecule has 0 radical (unpaired) electrons. The van der Waals surface area contributed by atoms with Gasteiger partial charge >= 0.3 is 0 Å². The molecule has 0 aliphatic carbocycles. The summed E-state index contributed by atoms with van der Waals surface area (Å²) in [5.74, 6) is 0.231. The molecule has 3 rings (SSSR count). The third kappa shape index (κ3) is 3.07. The molecule has 3 aromatic rings. The molecule has 0 aliphatic heterocycles. The molecule has 3 nitrogen and oxygen atoms in total. The Balaban J connectivity index is 1.85. The fourth-order valence-corrected chi connectivity index (χ4v) is 2.88. The Morgan fingerprint density at radius 2 is 1.91 bits per heavy atom. The summed E-state index contributed by atoms with van der Waals surface area (Å²) in [6.45, 7) is 2.06. The largest absolute Gasteiger partial charge is 0.292 e. The first-order valence-electron chi connectivity index (χ1n) is 7.13. The number of fused-ring (bicyclic) bond motifs is 1. The van der Waals surface area contributed by atoms with E-state index in [0.29, 0.717) is 12.1 Å². The van der Waals surface area contributed by atoms with Gasteiger partial charge in [-0.25, -0.2) is 4.98 Å². The number of hydrogen-bond acceptors (Lipinski definition) is 3. The molecule has 0 spiro atoms. The van der Waals surface area contributed by atoms with Gasteiger partial charge in [0.15, 0.2) is 5.78 Å². The lowest BCUT2D eigenvalue weighted by Gasteiger charge is -2.11. The van der Waals surface area contributed by atoms with Crippen LogP contribution < -0.4 is 0 Å². The van der Waals surface area contributed by atoms with E-state index in [0.717, 1.165) is 15.4 Å². The zero-order valence-electron chi connectivity index (χ0n) is 12.2. The molecule has 22 heavy (non-hydrogen) atoms. The number of carbonyl (C=O) groups is 1. The van der Waals surface area contributed by atoms with Gasteiger partial charge in [-0.05, 0) is 39.5 Å². The highest BCUT2D eigenvalue weighted by atomic mass is 79.9. The smallest absolute Gasteiger partial charge is 0.181 e. The normalized spacial score (nSPS) is 12.3. The molecule has 4 heteroatoms. The van der Waals surface area contributed by atoms with Gasteiger partial charge in [-0.15, -0.1) is 0 Å². The summed E-state index contributed by atoms with van der Waals surface area (Å²) in [5.41, 5.74) is 2.44. The van der Waals surface area contributed by atoms with E-state index in [4.69, 9.17) is 0 Å². The minimum atomic E-state index is 0.0574. The van der Waals surface area contributed by atoms with Crippen LogP contribution in [0, 0.1) is 0 Å². The van der Waals surface area contributed by atoms with Crippen molar-refractivity contribution in [3.05, 3.63) is 70.6 Å². The summed E-state index contributed by atoms with van der Waals surface area (Å²) in [4.78, 5) is 21.1. The monoisotopic (exact) mass is 354 g/mol. The van der Waals surface area contributed by atoms with Gasteiger partial charge in [-0.2, -0.15) is 0 Å². The van der Waals surface area contributed by atoms with Crippen LogP contribution in [0.2, 0.25) is 0 Å². The number of nitrogens with zero attached hydrogens (tertiary/aromatic N) is 2. The second-order valence-electron chi connectivity index (χ2n) is 5.33. The molecule has 0 amide bonds. The average Bonchev–Trinajstić information content (AvgIpc) is 2.55. The van der Waals surface area contributed by atoms with Crippen LogP contribution in [0.15, 0.2) is 59.3 Å². The number of halogens is 1. The van der Waals surface area contributed by atoms with Crippen LogP contribution in [-0.2, 0) is 0 Å². The number of rotatable bonds is 4. The Hall–Kier alpha value is -2.07. The first-order valence-corrected chi connectivity index (χ1v) is 7.93. The van der Waals surface area contributed by atoms with Gasteiger partial charge in [0.1, 0.15) is 5.69 Å². The van der Waals surface area contributed by atoms with Crippen LogP contribution in [0.1, 0.15) is 35.3 Å². The molecule has 2 aromatic heterocycles. The van der Waals surface area contributed by atoms with Crippen LogP contribution in [0.3, 0.4) is 0 Å². The quantitative estimate of drug-likeness (QED) is 0.633. The fourth-order valence-electron chi connectivity index (χ4n) is 2.45. The van der Waals surface area contributed by atoms with Gasteiger partial charge in [-0.1, -0.05) is 37.3 Å². The number of hydrogen-bond donors (Lipinski definition) is 0. The first kappa shape index (κ1) is 14.9. The molecular formula is C18H15BrN2O. The topological polar surface area (TPSA) is 42.9 Å². The van der Waals surface area contributed by atoms with E-state index in [9.17, 15) is 4.79 Å². The predicted molar refractivity (Wildman–Crippen MR) is 91.0 cm³/mol. The maximum Gasteiger partial charge on any atom is 0.181 e. The molecule has 0 saturated heterocycles. The van der Waals surface area contributed by atoms with Gasteiger partial charge in [-0.3, -0.25) is 9.78 Å². The standard InChI is InChI=1S/C18H15BrN2O/c1-12(13-5-3-2-4-6-13)9-17(22)16-8-7-14-10-20-11-15(19)18(14)21-16/h2-8,10-12H,9H2,1H3/t12-/m0/s1. The van der Waals surface area contributed by atoms with Crippen LogP contribution in [-0.4, -0.2) is 15.8 Å². The molecule has 0 unspecified atom stereocenters. The Kier molecular flexibility index (Phi) is 4.29. The maximum atomic E-state index is 12.5. The fraction of sp³-hybridized carbons (Fsp3) is 0.167. The predicted octanol–water partition coefficient (Wildman–Crippen LogP) is 4.77. The third-order valence-electron chi connectivity index (χ3n) is 3.70. The minimum absolute atomic E-state index is 0.0574. The minimum Gasteiger partial charge on any atom is -0.292 e. The van der Waals surface area contributed by atoms with Gasteiger partial charge in [0, 0.05) is 24.2 Å². The lowest BCUT2D eigenvalue weighted by molar-refractivity contribution is 0.0971. The third-order valence-corrected chi connectivity index (χ3v) is 4.28. The van der Waals surface area contributed by atoms with Crippen molar-refractivity contribution < 1.29 is 4.79 Å². The van der Waals surface area contributed by atoms with E-state index in [-0.39, 0.29) is 11.7 Å². The zero-order valence-corrected chi connectivity index (χ0v) is 13.7. The van der Waals surface area contributed by atoms with Gasteiger partial charge in [0.05, 0.1) is 9.99 Å². The number of carbonyl (C=O) groups excluding carboxylic acids is 1. The highest BCUT2D eigenvalue weighted by molar-refractivity contribution is 9.10. The molecule has 0 N–H and O–H groups in total. The number of aromatic nitrogens is 2. The SMILES string of the molecule is C[C@@H](CC(=O)c1ccc2cncc(Br)c2n1)c1ccccc1. The Bertz CT molecular complexity index is 818. The Morgan fingerprint density at radius 3 is 2.68 bits per heavy atom. The lowest BCUT2D eigenvalue weighted by Crippen LogP contribution is -2.07. The zero-order chi connectivity index (χ0) is 15.5. The maximum absolute atomic E-state index is 12.5. The molecule has 0 bridgehead atoms. The number of pyridine rings is 2. The van der Waals surface area contributed by atoms with Crippen molar-refractivity contribution in [3.63, 3.8) is 0 Å². The molecule has 110 valence electrons. The second kappa shape index (κ2) is 6.36. The molecule has 0 aliphatic rings. The molecule has 2 heterocycles. The van der Waals surface area contributed by atoms with E-state index in [1.54, 1.807) is 18.5 Å². The highest BCUT2D eigenvalue weighted by Crippen LogP contribution is 2.23. The van der Waals surface area contributed by atoms with Crippen molar-refractivity contribution in [2.75, 3.05) is 0 Å². The number of benzene rings is 1. The molecular weight excluding hydrogens is 340 g/mol. The van der Waals surface area contributed by atoms with Crippen molar-refractivity contribution in [2.45, 2.75) is 19.3 Å². The van der Waals surface area contributed by atoms with E-state index in [1.165, 1.54) is 5.56 Å². The van der Waals surface area contributed by atoms with Crippen molar-refractivity contribution >= 4 is 32.6 Å². The van der Waals surface area contributed by atoms with Crippen molar-refractivity contribution in [3.8, 4) is 0 Å². The summed E-state index contributed by atoms with van der Waals surface area (Å²) in [6.07, 6.45) is 3.88. The van der Waals surface area contributed by atoms with Crippen molar-refractivity contribution in [2.24, 2.45) is 0 Å². The molecule has 1 aromatic carbocycles. The molecule has 0 saturated carbocycles. The van der Waals surface area contributed by atoms with E-state index < -0.39 is 0 Å². The van der Waals surface area contributed by atoms with Gasteiger partial charge < -0.3 is 0 Å². The summed E-state index contributed by atoms with van der Waals surface area (Å²) < 4.78 is 0.802. The summed E-state index contributed by atoms with van der Waals surface area (Å²) >= 11 is 3.43. The number of Topliss-reactive ketones (excluding diaryl/α,β-unsaturated/α-hetero) is 1. The van der Waals surface area contributed by atoms with E-state index in [1.807, 2.05) is 36.4 Å². The van der Waals surface area contributed by atoms with Crippen molar-refractivity contribution in [1.82, 2.24) is 9.97 Å². The summed E-state index contributed by atoms with van der Waals surface area (Å²) in [5, 5.41) is 0.919. The highest BCUT2D eigenvalue weighted by Gasteiger charge is 2.15. The summed E-state index contributed by atoms with van der Waals surface area (Å²) in [6, 6.07) is 13.7. The summed E-state index contributed by atoms with van der Waals surface area (Å²) in [7, 11) is 0.